The first-order chi connectivity index (χ1) is 8.40. The zero-order valence-corrected chi connectivity index (χ0v) is 9.80. The summed E-state index contributed by atoms with van der Waals surface area (Å²) in [7, 11) is 1.70. The molecule has 4 heteroatoms. The second-order valence-electron chi connectivity index (χ2n) is 3.79. The highest BCUT2D eigenvalue weighted by Crippen LogP contribution is 2.13. The number of ether oxygens (including phenoxy) is 1. The number of benzene rings is 1. The van der Waals surface area contributed by atoms with Gasteiger partial charge < -0.3 is 14.6 Å². The molecule has 1 unspecified atom stereocenters. The van der Waals surface area contributed by atoms with E-state index in [0.717, 1.165) is 5.69 Å². The SMILES string of the molecule is COCC(NCc1ccon1)c1ccccc1. The molecule has 2 aromatic rings. The first kappa shape index (κ1) is 11.8. The summed E-state index contributed by atoms with van der Waals surface area (Å²) in [6.45, 7) is 1.29. The van der Waals surface area contributed by atoms with Crippen molar-refractivity contribution >= 4 is 0 Å². The summed E-state index contributed by atoms with van der Waals surface area (Å²) in [6, 6.07) is 12.2. The van der Waals surface area contributed by atoms with Gasteiger partial charge in [0, 0.05) is 19.7 Å². The Labute approximate surface area is 101 Å². The Balaban J connectivity index is 1.98. The third-order valence-corrected chi connectivity index (χ3v) is 2.56. The highest BCUT2D eigenvalue weighted by atomic mass is 16.5. The van der Waals surface area contributed by atoms with Gasteiger partial charge in [0.25, 0.3) is 0 Å². The minimum Gasteiger partial charge on any atom is -0.383 e. The lowest BCUT2D eigenvalue weighted by Crippen LogP contribution is -2.24. The fourth-order valence-electron chi connectivity index (χ4n) is 1.68. The van der Waals surface area contributed by atoms with Crippen LogP contribution in [-0.4, -0.2) is 18.9 Å². The molecular weight excluding hydrogens is 216 g/mol. The van der Waals surface area contributed by atoms with E-state index < -0.39 is 0 Å². The smallest absolute Gasteiger partial charge is 0.124 e. The van der Waals surface area contributed by atoms with Crippen LogP contribution in [0.25, 0.3) is 0 Å². The molecule has 4 nitrogen and oxygen atoms in total. The van der Waals surface area contributed by atoms with Crippen molar-refractivity contribution in [2.24, 2.45) is 0 Å². The number of hydrogen-bond acceptors (Lipinski definition) is 4. The molecule has 0 saturated heterocycles. The summed E-state index contributed by atoms with van der Waals surface area (Å²) in [5.41, 5.74) is 2.10. The minimum atomic E-state index is 0.165. The molecule has 1 aromatic carbocycles. The van der Waals surface area contributed by atoms with Gasteiger partial charge in [0.1, 0.15) is 6.26 Å². The van der Waals surface area contributed by atoms with Gasteiger partial charge >= 0.3 is 0 Å². The van der Waals surface area contributed by atoms with E-state index in [0.29, 0.717) is 13.2 Å². The highest BCUT2D eigenvalue weighted by molar-refractivity contribution is 5.19. The average molecular weight is 232 g/mol. The molecule has 0 fully saturated rings. The summed E-state index contributed by atoms with van der Waals surface area (Å²) in [4.78, 5) is 0. The van der Waals surface area contributed by atoms with Gasteiger partial charge in [0.05, 0.1) is 18.3 Å². The Hall–Kier alpha value is -1.65. The van der Waals surface area contributed by atoms with Gasteiger partial charge in [-0.1, -0.05) is 35.5 Å². The number of methoxy groups -OCH3 is 1. The fourth-order valence-corrected chi connectivity index (χ4v) is 1.68. The number of aromatic nitrogens is 1. The van der Waals surface area contributed by atoms with Crippen LogP contribution >= 0.6 is 0 Å². The van der Waals surface area contributed by atoms with Gasteiger partial charge in [0.2, 0.25) is 0 Å². The first-order valence-electron chi connectivity index (χ1n) is 5.56. The molecule has 90 valence electrons. The zero-order valence-electron chi connectivity index (χ0n) is 9.80. The molecule has 1 heterocycles. The second kappa shape index (κ2) is 6.18. The van der Waals surface area contributed by atoms with Crippen molar-refractivity contribution in [2.75, 3.05) is 13.7 Å². The topological polar surface area (TPSA) is 47.3 Å². The van der Waals surface area contributed by atoms with E-state index >= 15 is 0 Å². The van der Waals surface area contributed by atoms with Gasteiger partial charge in [-0.2, -0.15) is 0 Å². The van der Waals surface area contributed by atoms with E-state index in [2.05, 4.69) is 22.6 Å². The lowest BCUT2D eigenvalue weighted by molar-refractivity contribution is 0.166. The molecule has 1 N–H and O–H groups in total. The van der Waals surface area contributed by atoms with Gasteiger partial charge in [-0.3, -0.25) is 0 Å². The van der Waals surface area contributed by atoms with Crippen molar-refractivity contribution in [3.05, 3.63) is 53.9 Å². The Morgan fingerprint density at radius 1 is 1.29 bits per heavy atom. The molecular formula is C13H16N2O2. The lowest BCUT2D eigenvalue weighted by Gasteiger charge is -2.17. The van der Waals surface area contributed by atoms with Crippen molar-refractivity contribution in [3.63, 3.8) is 0 Å². The van der Waals surface area contributed by atoms with Gasteiger partial charge in [-0.05, 0) is 5.56 Å². The molecule has 0 amide bonds. The normalized spacial score (nSPS) is 12.5. The number of rotatable bonds is 6. The maximum Gasteiger partial charge on any atom is 0.124 e. The van der Waals surface area contributed by atoms with Gasteiger partial charge in [-0.15, -0.1) is 0 Å². The summed E-state index contributed by atoms with van der Waals surface area (Å²) in [5, 5.41) is 7.26. The molecule has 0 saturated carbocycles. The first-order valence-corrected chi connectivity index (χ1v) is 5.56. The number of nitrogens with zero attached hydrogens (tertiary/aromatic N) is 1. The maximum atomic E-state index is 5.22. The van der Waals surface area contributed by atoms with Gasteiger partial charge in [0.15, 0.2) is 0 Å². The Kier molecular flexibility index (Phi) is 4.30. The Morgan fingerprint density at radius 3 is 2.76 bits per heavy atom. The van der Waals surface area contributed by atoms with Crippen molar-refractivity contribution in [1.29, 1.82) is 0 Å². The third kappa shape index (κ3) is 3.41. The monoisotopic (exact) mass is 232 g/mol. The standard InChI is InChI=1S/C13H16N2O2/c1-16-10-13(11-5-3-2-4-6-11)14-9-12-7-8-17-15-12/h2-8,13-14H,9-10H2,1H3. The number of hydrogen-bond donors (Lipinski definition) is 1. The molecule has 0 radical (unpaired) electrons. The van der Waals surface area contributed by atoms with E-state index in [1.54, 1.807) is 13.4 Å². The molecule has 17 heavy (non-hydrogen) atoms. The van der Waals surface area contributed by atoms with Crippen molar-refractivity contribution in [2.45, 2.75) is 12.6 Å². The summed E-state index contributed by atoms with van der Waals surface area (Å²) in [5.74, 6) is 0. The molecule has 1 aromatic heterocycles. The van der Waals surface area contributed by atoms with Crippen LogP contribution in [0.3, 0.4) is 0 Å². The fraction of sp³-hybridized carbons (Fsp3) is 0.308. The van der Waals surface area contributed by atoms with E-state index in [9.17, 15) is 0 Å². The van der Waals surface area contributed by atoms with E-state index in [1.165, 1.54) is 5.56 Å². The predicted molar refractivity (Wildman–Crippen MR) is 64.4 cm³/mol. The highest BCUT2D eigenvalue weighted by Gasteiger charge is 2.10. The van der Waals surface area contributed by atoms with Crippen molar-refractivity contribution < 1.29 is 9.26 Å². The van der Waals surface area contributed by atoms with E-state index in [-0.39, 0.29) is 6.04 Å². The largest absolute Gasteiger partial charge is 0.383 e. The summed E-state index contributed by atoms with van der Waals surface area (Å²) < 4.78 is 10.0. The van der Waals surface area contributed by atoms with E-state index in [4.69, 9.17) is 9.26 Å². The van der Waals surface area contributed by atoms with Crippen molar-refractivity contribution in [1.82, 2.24) is 10.5 Å². The molecule has 0 aliphatic heterocycles. The van der Waals surface area contributed by atoms with Crippen LogP contribution in [0.15, 0.2) is 47.2 Å². The van der Waals surface area contributed by atoms with Crippen LogP contribution in [0.4, 0.5) is 0 Å². The zero-order chi connectivity index (χ0) is 11.9. The number of nitrogens with one attached hydrogen (secondary N) is 1. The molecule has 0 aliphatic rings. The predicted octanol–water partition coefficient (Wildman–Crippen LogP) is 2.15. The average Bonchev–Trinajstić information content (AvgIpc) is 2.88. The van der Waals surface area contributed by atoms with Crippen LogP contribution in [0, 0.1) is 0 Å². The molecule has 2 rings (SSSR count). The lowest BCUT2D eigenvalue weighted by atomic mass is 10.1. The summed E-state index contributed by atoms with van der Waals surface area (Å²) in [6.07, 6.45) is 1.57. The molecule has 0 aliphatic carbocycles. The molecule has 1 atom stereocenters. The quantitative estimate of drug-likeness (QED) is 0.829. The third-order valence-electron chi connectivity index (χ3n) is 2.56. The van der Waals surface area contributed by atoms with Crippen LogP contribution < -0.4 is 5.32 Å². The maximum absolute atomic E-state index is 5.22. The van der Waals surface area contributed by atoms with Crippen LogP contribution in [0.5, 0.6) is 0 Å². The van der Waals surface area contributed by atoms with Gasteiger partial charge in [-0.25, -0.2) is 0 Å². The summed E-state index contributed by atoms with van der Waals surface area (Å²) >= 11 is 0. The molecule has 0 bridgehead atoms. The molecule has 0 spiro atoms. The van der Waals surface area contributed by atoms with E-state index in [1.807, 2.05) is 24.3 Å². The van der Waals surface area contributed by atoms with Crippen LogP contribution in [-0.2, 0) is 11.3 Å². The van der Waals surface area contributed by atoms with Crippen LogP contribution in [0.2, 0.25) is 0 Å². The minimum absolute atomic E-state index is 0.165. The second-order valence-corrected chi connectivity index (χ2v) is 3.79. The van der Waals surface area contributed by atoms with Crippen molar-refractivity contribution in [3.8, 4) is 0 Å². The Bertz CT molecular complexity index is 414. The van der Waals surface area contributed by atoms with Crippen LogP contribution in [0.1, 0.15) is 17.3 Å². The Morgan fingerprint density at radius 2 is 2.12 bits per heavy atom.